The molecule has 11 heteroatoms. The Kier molecular flexibility index (Phi) is 9.75. The highest BCUT2D eigenvalue weighted by atomic mass is 32.1. The van der Waals surface area contributed by atoms with E-state index in [1.54, 1.807) is 69.5 Å². The predicted octanol–water partition coefficient (Wildman–Crippen LogP) is 8.82. The molecular weight excluding hydrogens is 661 g/mol. The van der Waals surface area contributed by atoms with Crippen molar-refractivity contribution < 1.29 is 33.3 Å². The zero-order chi connectivity index (χ0) is 34.7. The van der Waals surface area contributed by atoms with Crippen molar-refractivity contribution in [3.8, 4) is 43.5 Å². The summed E-state index contributed by atoms with van der Waals surface area (Å²) in [5.74, 6) is 0.237. The van der Waals surface area contributed by atoms with Crippen LogP contribution >= 0.6 is 22.7 Å². The lowest BCUT2D eigenvalue weighted by Gasteiger charge is -2.20. The van der Waals surface area contributed by atoms with Crippen LogP contribution in [0.25, 0.3) is 32.0 Å². The van der Waals surface area contributed by atoms with Gasteiger partial charge in [-0.05, 0) is 96.8 Å². The first kappa shape index (κ1) is 33.8. The summed E-state index contributed by atoms with van der Waals surface area (Å²) < 4.78 is 22.6. The second-order valence-corrected chi connectivity index (χ2v) is 14.2. The standard InChI is InChI=1S/C38H36N2O7S2/c1-38(2,3)47-37(43)39-21-22-8-10-24(11-9-22)40-35(41)27-17-29(33-7-6-15-48-33)31(44-4)19-25(27)26-20-32-30(18-28(26)36(42)45-5)34-23(12-14-46-32)13-16-49-34/h6-11,13,15-20H,12,14,21H2,1-5H3,(H,39,43)(H,40,41). The highest BCUT2D eigenvalue weighted by Crippen LogP contribution is 2.45. The number of rotatable bonds is 8. The van der Waals surface area contributed by atoms with Crippen LogP contribution in [-0.4, -0.2) is 44.4 Å². The minimum atomic E-state index is -0.599. The van der Waals surface area contributed by atoms with Crippen molar-refractivity contribution in [1.29, 1.82) is 0 Å². The number of carbonyl (C=O) groups is 3. The van der Waals surface area contributed by atoms with Gasteiger partial charge in [-0.25, -0.2) is 9.59 Å². The number of fused-ring (bicyclic) bond motifs is 3. The van der Waals surface area contributed by atoms with Gasteiger partial charge in [0.15, 0.2) is 0 Å². The monoisotopic (exact) mass is 696 g/mol. The maximum atomic E-state index is 14.2. The van der Waals surface area contributed by atoms with Crippen LogP contribution in [0.4, 0.5) is 10.5 Å². The summed E-state index contributed by atoms with van der Waals surface area (Å²) >= 11 is 3.12. The van der Waals surface area contributed by atoms with Crippen molar-refractivity contribution in [1.82, 2.24) is 5.32 Å². The van der Waals surface area contributed by atoms with E-state index in [-0.39, 0.29) is 12.5 Å². The Balaban J connectivity index is 1.40. The molecule has 0 radical (unpaired) electrons. The van der Waals surface area contributed by atoms with E-state index in [1.165, 1.54) is 18.4 Å². The molecule has 1 aliphatic heterocycles. The first-order chi connectivity index (χ1) is 23.5. The first-order valence-electron chi connectivity index (χ1n) is 15.6. The molecule has 0 fully saturated rings. The number of nitrogens with one attached hydrogen (secondary N) is 2. The Morgan fingerprint density at radius 2 is 1.61 bits per heavy atom. The molecule has 1 aliphatic rings. The number of benzene rings is 3. The molecule has 0 saturated carbocycles. The molecule has 2 N–H and O–H groups in total. The minimum Gasteiger partial charge on any atom is -0.496 e. The summed E-state index contributed by atoms with van der Waals surface area (Å²) in [7, 11) is 2.92. The van der Waals surface area contributed by atoms with Crippen LogP contribution in [0.1, 0.15) is 52.6 Å². The van der Waals surface area contributed by atoms with E-state index in [0.717, 1.165) is 38.4 Å². The van der Waals surface area contributed by atoms with E-state index in [1.807, 2.05) is 41.1 Å². The Morgan fingerprint density at radius 3 is 2.31 bits per heavy atom. The van der Waals surface area contributed by atoms with E-state index in [2.05, 4.69) is 16.7 Å². The predicted molar refractivity (Wildman–Crippen MR) is 193 cm³/mol. The number of amides is 2. The number of carbonyl (C=O) groups excluding carboxylic acids is 3. The van der Waals surface area contributed by atoms with Crippen molar-refractivity contribution in [2.75, 3.05) is 26.1 Å². The molecule has 0 aliphatic carbocycles. The van der Waals surface area contributed by atoms with E-state index < -0.39 is 17.7 Å². The van der Waals surface area contributed by atoms with Gasteiger partial charge in [-0.3, -0.25) is 4.79 Å². The van der Waals surface area contributed by atoms with Crippen molar-refractivity contribution in [3.63, 3.8) is 0 Å². The number of ether oxygens (including phenoxy) is 4. The van der Waals surface area contributed by atoms with Gasteiger partial charge in [0.1, 0.15) is 17.1 Å². The maximum Gasteiger partial charge on any atom is 0.407 e. The first-order valence-corrected chi connectivity index (χ1v) is 17.4. The largest absolute Gasteiger partial charge is 0.496 e. The van der Waals surface area contributed by atoms with E-state index >= 15 is 0 Å². The summed E-state index contributed by atoms with van der Waals surface area (Å²) in [4.78, 5) is 41.7. The average molecular weight is 697 g/mol. The van der Waals surface area contributed by atoms with Crippen LogP contribution in [0.2, 0.25) is 0 Å². The molecule has 2 aromatic heterocycles. The molecule has 3 heterocycles. The lowest BCUT2D eigenvalue weighted by atomic mass is 9.90. The molecule has 5 aromatic rings. The third kappa shape index (κ3) is 7.48. The molecule has 0 bridgehead atoms. The fourth-order valence-electron chi connectivity index (χ4n) is 5.59. The molecule has 6 rings (SSSR count). The highest BCUT2D eigenvalue weighted by Gasteiger charge is 2.27. The normalized spacial score (nSPS) is 12.1. The molecule has 0 saturated heterocycles. The van der Waals surface area contributed by atoms with Gasteiger partial charge in [0.05, 0.1) is 26.4 Å². The van der Waals surface area contributed by atoms with Gasteiger partial charge in [0.25, 0.3) is 5.91 Å². The zero-order valence-corrected chi connectivity index (χ0v) is 29.4. The summed E-state index contributed by atoms with van der Waals surface area (Å²) in [6.07, 6.45) is 0.229. The van der Waals surface area contributed by atoms with Gasteiger partial charge in [0, 0.05) is 50.7 Å². The Hall–Kier alpha value is -5.13. The summed E-state index contributed by atoms with van der Waals surface area (Å²) in [6, 6.07) is 20.3. The molecule has 49 heavy (non-hydrogen) atoms. The smallest absolute Gasteiger partial charge is 0.407 e. The average Bonchev–Trinajstić information content (AvgIpc) is 3.76. The number of esters is 1. The van der Waals surface area contributed by atoms with Crippen molar-refractivity contribution in [3.05, 3.63) is 99.7 Å². The highest BCUT2D eigenvalue weighted by molar-refractivity contribution is 7.14. The van der Waals surface area contributed by atoms with Gasteiger partial charge in [-0.15, -0.1) is 22.7 Å². The number of anilines is 1. The molecule has 0 spiro atoms. The van der Waals surface area contributed by atoms with E-state index in [9.17, 15) is 14.4 Å². The van der Waals surface area contributed by atoms with E-state index in [4.69, 9.17) is 18.9 Å². The Bertz CT molecular complexity index is 2010. The van der Waals surface area contributed by atoms with Crippen LogP contribution in [0.15, 0.2) is 77.5 Å². The zero-order valence-electron chi connectivity index (χ0n) is 27.8. The summed E-state index contributed by atoms with van der Waals surface area (Å²) in [5.41, 5.74) is 5.07. The quantitative estimate of drug-likeness (QED) is 0.156. The van der Waals surface area contributed by atoms with Crippen LogP contribution in [-0.2, 0) is 22.4 Å². The molecule has 9 nitrogen and oxygen atoms in total. The third-order valence-electron chi connectivity index (χ3n) is 7.85. The number of thiophene rings is 2. The van der Waals surface area contributed by atoms with Gasteiger partial charge in [-0.2, -0.15) is 0 Å². The van der Waals surface area contributed by atoms with Gasteiger partial charge in [-0.1, -0.05) is 18.2 Å². The number of hydrogen-bond acceptors (Lipinski definition) is 9. The van der Waals surface area contributed by atoms with Crippen LogP contribution in [0, 0.1) is 0 Å². The molecular formula is C38H36N2O7S2. The lowest BCUT2D eigenvalue weighted by molar-refractivity contribution is 0.0522. The minimum absolute atomic E-state index is 0.264. The molecule has 0 atom stereocenters. The number of hydrogen-bond donors (Lipinski definition) is 2. The van der Waals surface area contributed by atoms with Crippen molar-refractivity contribution in [2.45, 2.75) is 39.3 Å². The second-order valence-electron chi connectivity index (χ2n) is 12.3. The summed E-state index contributed by atoms with van der Waals surface area (Å²) in [6.45, 7) is 6.15. The van der Waals surface area contributed by atoms with Crippen LogP contribution < -0.4 is 20.1 Å². The molecule has 3 aromatic carbocycles. The second kappa shape index (κ2) is 14.2. The fraction of sp³-hybridized carbons (Fsp3) is 0.237. The Labute approximate surface area is 292 Å². The van der Waals surface area contributed by atoms with E-state index in [0.29, 0.717) is 46.0 Å². The molecule has 252 valence electrons. The number of alkyl carbamates (subject to hydrolysis) is 1. The van der Waals surface area contributed by atoms with Crippen LogP contribution in [0.3, 0.4) is 0 Å². The molecule has 2 amide bonds. The van der Waals surface area contributed by atoms with Gasteiger partial charge in [0.2, 0.25) is 0 Å². The third-order valence-corrected chi connectivity index (χ3v) is 9.75. The summed E-state index contributed by atoms with van der Waals surface area (Å²) in [5, 5.41) is 9.74. The van der Waals surface area contributed by atoms with Crippen LogP contribution in [0.5, 0.6) is 11.5 Å². The molecule has 0 unspecified atom stereocenters. The van der Waals surface area contributed by atoms with Crippen molar-refractivity contribution >= 4 is 46.3 Å². The van der Waals surface area contributed by atoms with Crippen molar-refractivity contribution in [2.24, 2.45) is 0 Å². The SMILES string of the molecule is COC(=O)c1cc2c(cc1-c1cc(OC)c(-c3cccs3)cc1C(=O)Nc1ccc(CNC(=O)OC(C)(C)C)cc1)OCCc1ccsc1-2. The number of methoxy groups -OCH3 is 2. The Morgan fingerprint density at radius 1 is 0.857 bits per heavy atom. The maximum absolute atomic E-state index is 14.2. The van der Waals surface area contributed by atoms with Gasteiger partial charge >= 0.3 is 12.1 Å². The van der Waals surface area contributed by atoms with Gasteiger partial charge < -0.3 is 29.6 Å². The lowest BCUT2D eigenvalue weighted by Crippen LogP contribution is -2.32. The fourth-order valence-corrected chi connectivity index (χ4v) is 7.32. The topological polar surface area (TPSA) is 112 Å².